The number of hydrogen-bond donors (Lipinski definition) is 2. The first-order valence-electron chi connectivity index (χ1n) is 5.99. The van der Waals surface area contributed by atoms with Crippen molar-refractivity contribution in [3.05, 3.63) is 61.7 Å². The Balaban J connectivity index is 2.34. The molecule has 2 aromatic carbocycles. The second-order valence-electron chi connectivity index (χ2n) is 4.41. The first-order valence-corrected chi connectivity index (χ1v) is 7.44. The molecule has 0 spiro atoms. The summed E-state index contributed by atoms with van der Waals surface area (Å²) in [6.45, 7) is 1.77. The molecule has 21 heavy (non-hydrogen) atoms. The van der Waals surface area contributed by atoms with Gasteiger partial charge in [0.05, 0.1) is 11.3 Å². The molecule has 108 valence electrons. The minimum Gasteiger partial charge on any atom is -0.478 e. The van der Waals surface area contributed by atoms with E-state index in [4.69, 9.17) is 11.6 Å². The molecule has 0 aromatic heterocycles. The Hall–Kier alpha value is -1.60. The first-order chi connectivity index (χ1) is 9.88. The van der Waals surface area contributed by atoms with Gasteiger partial charge in [0.2, 0.25) is 0 Å². The van der Waals surface area contributed by atoms with E-state index >= 15 is 0 Å². The van der Waals surface area contributed by atoms with Crippen molar-refractivity contribution < 1.29 is 14.7 Å². The van der Waals surface area contributed by atoms with Gasteiger partial charge in [0, 0.05) is 14.2 Å². The molecule has 0 aliphatic rings. The molecule has 0 unspecified atom stereocenters. The number of anilines is 1. The van der Waals surface area contributed by atoms with Gasteiger partial charge in [-0.3, -0.25) is 4.79 Å². The van der Waals surface area contributed by atoms with Gasteiger partial charge in [-0.15, -0.1) is 0 Å². The zero-order valence-electron chi connectivity index (χ0n) is 11.0. The number of nitrogens with one attached hydrogen (secondary N) is 1. The van der Waals surface area contributed by atoms with Crippen molar-refractivity contribution in [2.45, 2.75) is 6.92 Å². The van der Waals surface area contributed by atoms with Crippen LogP contribution in [0, 0.1) is 10.5 Å². The van der Waals surface area contributed by atoms with E-state index in [9.17, 15) is 14.7 Å². The van der Waals surface area contributed by atoms with Gasteiger partial charge in [0.15, 0.2) is 0 Å². The Morgan fingerprint density at radius 1 is 1.14 bits per heavy atom. The van der Waals surface area contributed by atoms with Crippen LogP contribution in [-0.4, -0.2) is 17.0 Å². The quantitative estimate of drug-likeness (QED) is 0.738. The molecular formula is C15H11ClINO3. The summed E-state index contributed by atoms with van der Waals surface area (Å²) in [6, 6.07) is 9.73. The number of benzene rings is 2. The zero-order chi connectivity index (χ0) is 15.6. The molecule has 0 saturated heterocycles. The number of carboxylic acid groups (broad SMARTS) is 1. The standard InChI is InChI=1S/C15H11ClINO3/c1-8-6-9(16)2-4-11(8)14(19)18-13-5-3-10(17)7-12(13)15(20)21/h2-7H,1H3,(H,18,19)(H,20,21). The summed E-state index contributed by atoms with van der Waals surface area (Å²) >= 11 is 7.87. The van der Waals surface area contributed by atoms with Crippen molar-refractivity contribution in [2.75, 3.05) is 5.32 Å². The maximum Gasteiger partial charge on any atom is 0.337 e. The lowest BCUT2D eigenvalue weighted by Gasteiger charge is -2.10. The maximum absolute atomic E-state index is 12.3. The van der Waals surface area contributed by atoms with Crippen LogP contribution in [0.5, 0.6) is 0 Å². The Labute approximate surface area is 140 Å². The number of aromatic carboxylic acids is 1. The van der Waals surface area contributed by atoms with Gasteiger partial charge in [-0.25, -0.2) is 4.79 Å². The average molecular weight is 416 g/mol. The largest absolute Gasteiger partial charge is 0.478 e. The van der Waals surface area contributed by atoms with Crippen molar-refractivity contribution in [1.82, 2.24) is 0 Å². The van der Waals surface area contributed by atoms with Gasteiger partial charge in [-0.2, -0.15) is 0 Å². The second kappa shape index (κ2) is 6.44. The van der Waals surface area contributed by atoms with E-state index in [0.717, 1.165) is 9.13 Å². The molecule has 0 saturated carbocycles. The van der Waals surface area contributed by atoms with Gasteiger partial charge in [-0.05, 0) is 71.5 Å². The lowest BCUT2D eigenvalue weighted by Crippen LogP contribution is -2.16. The van der Waals surface area contributed by atoms with Gasteiger partial charge in [-0.1, -0.05) is 11.6 Å². The predicted molar refractivity (Wildman–Crippen MR) is 90.3 cm³/mol. The van der Waals surface area contributed by atoms with Crippen molar-refractivity contribution in [1.29, 1.82) is 0 Å². The number of carbonyl (C=O) groups excluding carboxylic acids is 1. The summed E-state index contributed by atoms with van der Waals surface area (Å²) in [4.78, 5) is 23.5. The van der Waals surface area contributed by atoms with E-state index in [2.05, 4.69) is 5.32 Å². The summed E-state index contributed by atoms with van der Waals surface area (Å²) in [5.74, 6) is -1.45. The van der Waals surface area contributed by atoms with Gasteiger partial charge >= 0.3 is 5.97 Å². The summed E-state index contributed by atoms with van der Waals surface area (Å²) in [5, 5.41) is 12.4. The number of aryl methyl sites for hydroxylation is 1. The van der Waals surface area contributed by atoms with E-state index < -0.39 is 5.97 Å². The molecule has 0 aliphatic carbocycles. The minimum atomic E-state index is -1.09. The third-order valence-corrected chi connectivity index (χ3v) is 3.80. The zero-order valence-corrected chi connectivity index (χ0v) is 13.9. The molecule has 2 rings (SSSR count). The topological polar surface area (TPSA) is 66.4 Å². The SMILES string of the molecule is Cc1cc(Cl)ccc1C(=O)Nc1ccc(I)cc1C(=O)O. The summed E-state index contributed by atoms with van der Waals surface area (Å²) < 4.78 is 0.783. The molecule has 2 aromatic rings. The second-order valence-corrected chi connectivity index (χ2v) is 6.09. The highest BCUT2D eigenvalue weighted by atomic mass is 127. The third-order valence-electron chi connectivity index (χ3n) is 2.89. The van der Waals surface area contributed by atoms with Crippen LogP contribution >= 0.6 is 34.2 Å². The third kappa shape index (κ3) is 3.74. The molecule has 6 heteroatoms. The molecular weight excluding hydrogens is 405 g/mol. The van der Waals surface area contributed by atoms with Crippen LogP contribution in [0.4, 0.5) is 5.69 Å². The predicted octanol–water partition coefficient (Wildman–Crippen LogP) is 4.20. The van der Waals surface area contributed by atoms with Gasteiger partial charge < -0.3 is 10.4 Å². The monoisotopic (exact) mass is 415 g/mol. The van der Waals surface area contributed by atoms with E-state index in [1.807, 2.05) is 22.6 Å². The van der Waals surface area contributed by atoms with Crippen molar-refractivity contribution in [2.24, 2.45) is 0 Å². The van der Waals surface area contributed by atoms with E-state index in [1.165, 1.54) is 6.07 Å². The van der Waals surface area contributed by atoms with Crippen molar-refractivity contribution >= 4 is 51.8 Å². The Bertz CT molecular complexity index is 731. The fraction of sp³-hybridized carbons (Fsp3) is 0.0667. The number of amides is 1. The fourth-order valence-electron chi connectivity index (χ4n) is 1.87. The van der Waals surface area contributed by atoms with E-state index in [0.29, 0.717) is 10.6 Å². The lowest BCUT2D eigenvalue weighted by molar-refractivity contribution is 0.0698. The molecule has 0 heterocycles. The normalized spacial score (nSPS) is 10.2. The number of hydrogen-bond acceptors (Lipinski definition) is 2. The number of carbonyl (C=O) groups is 2. The lowest BCUT2D eigenvalue weighted by atomic mass is 10.1. The van der Waals surface area contributed by atoms with Crippen LogP contribution in [-0.2, 0) is 0 Å². The average Bonchev–Trinajstić information content (AvgIpc) is 2.40. The van der Waals surface area contributed by atoms with Crippen LogP contribution < -0.4 is 5.32 Å². The van der Waals surface area contributed by atoms with Crippen molar-refractivity contribution in [3.8, 4) is 0 Å². The Morgan fingerprint density at radius 2 is 1.86 bits per heavy atom. The van der Waals surface area contributed by atoms with Crippen LogP contribution in [0.3, 0.4) is 0 Å². The Kier molecular flexibility index (Phi) is 4.84. The minimum absolute atomic E-state index is 0.0573. The Morgan fingerprint density at radius 3 is 2.48 bits per heavy atom. The fourth-order valence-corrected chi connectivity index (χ4v) is 2.59. The molecule has 1 amide bonds. The molecule has 0 aliphatic heterocycles. The van der Waals surface area contributed by atoms with Crippen LogP contribution in [0.2, 0.25) is 5.02 Å². The van der Waals surface area contributed by atoms with Crippen LogP contribution in [0.25, 0.3) is 0 Å². The van der Waals surface area contributed by atoms with Crippen LogP contribution in [0.15, 0.2) is 36.4 Å². The number of rotatable bonds is 3. The highest BCUT2D eigenvalue weighted by Gasteiger charge is 2.15. The molecule has 0 bridgehead atoms. The summed E-state index contributed by atoms with van der Waals surface area (Å²) in [7, 11) is 0. The highest BCUT2D eigenvalue weighted by Crippen LogP contribution is 2.21. The summed E-state index contributed by atoms with van der Waals surface area (Å²) in [5.41, 5.74) is 1.50. The smallest absolute Gasteiger partial charge is 0.337 e. The van der Waals surface area contributed by atoms with Gasteiger partial charge in [0.25, 0.3) is 5.91 Å². The van der Waals surface area contributed by atoms with Crippen LogP contribution in [0.1, 0.15) is 26.3 Å². The summed E-state index contributed by atoms with van der Waals surface area (Å²) in [6.07, 6.45) is 0. The molecule has 0 atom stereocenters. The highest BCUT2D eigenvalue weighted by molar-refractivity contribution is 14.1. The maximum atomic E-state index is 12.3. The van der Waals surface area contributed by atoms with Gasteiger partial charge in [0.1, 0.15) is 0 Å². The molecule has 0 radical (unpaired) electrons. The van der Waals surface area contributed by atoms with Crippen molar-refractivity contribution in [3.63, 3.8) is 0 Å². The van der Waals surface area contributed by atoms with E-state index in [-0.39, 0.29) is 17.2 Å². The number of halogens is 2. The first kappa shape index (κ1) is 15.8. The van der Waals surface area contributed by atoms with E-state index in [1.54, 1.807) is 37.3 Å². The molecule has 4 nitrogen and oxygen atoms in total. The number of carboxylic acids is 1. The molecule has 2 N–H and O–H groups in total. The molecule has 0 fully saturated rings.